The van der Waals surface area contributed by atoms with E-state index in [1.54, 1.807) is 18.2 Å². The third-order valence-electron chi connectivity index (χ3n) is 5.12. The van der Waals surface area contributed by atoms with Crippen LogP contribution in [0.15, 0.2) is 53.4 Å². The van der Waals surface area contributed by atoms with Crippen LogP contribution in [0.1, 0.15) is 31.4 Å². The molecule has 0 radical (unpaired) electrons. The molecule has 0 saturated carbocycles. The average molecular weight is 419 g/mol. The summed E-state index contributed by atoms with van der Waals surface area (Å²) >= 11 is 0. The average Bonchev–Trinajstić information content (AvgIpc) is 3.14. The fraction of sp³-hybridized carbons (Fsp3) is 0.455. The molecule has 0 aromatic heterocycles. The highest BCUT2D eigenvalue weighted by molar-refractivity contribution is 7.89. The maximum atomic E-state index is 13.7. The summed E-state index contributed by atoms with van der Waals surface area (Å²) in [6.45, 7) is 4.79. The number of aliphatic hydroxyl groups is 1. The first kappa shape index (κ1) is 21.8. The molecule has 1 aliphatic rings. The Bertz CT molecular complexity index is 931. The van der Waals surface area contributed by atoms with E-state index in [0.717, 1.165) is 16.9 Å². The number of hydrogen-bond donors (Lipinski definition) is 2. The largest absolute Gasteiger partial charge is 0.493 e. The fourth-order valence-corrected chi connectivity index (χ4v) is 5.61. The Balaban J connectivity index is 2.04. The van der Waals surface area contributed by atoms with Crippen LogP contribution < -0.4 is 10.5 Å². The molecule has 0 bridgehead atoms. The van der Waals surface area contributed by atoms with Crippen molar-refractivity contribution in [3.63, 3.8) is 0 Å². The van der Waals surface area contributed by atoms with Crippen LogP contribution in [-0.2, 0) is 22.9 Å². The Morgan fingerprint density at radius 2 is 1.93 bits per heavy atom. The Kier molecular flexibility index (Phi) is 6.63. The van der Waals surface area contributed by atoms with Gasteiger partial charge in [-0.3, -0.25) is 0 Å². The number of nitrogens with two attached hydrogens (primary N) is 1. The van der Waals surface area contributed by atoms with Crippen molar-refractivity contribution < 1.29 is 18.3 Å². The van der Waals surface area contributed by atoms with E-state index < -0.39 is 15.7 Å². The number of sulfonamides is 1. The van der Waals surface area contributed by atoms with Gasteiger partial charge in [0.15, 0.2) is 0 Å². The molecule has 0 aliphatic carbocycles. The second-order valence-corrected chi connectivity index (χ2v) is 9.84. The quantitative estimate of drug-likeness (QED) is 0.611. The van der Waals surface area contributed by atoms with Gasteiger partial charge in [-0.15, -0.1) is 0 Å². The first-order chi connectivity index (χ1) is 13.8. The third kappa shape index (κ3) is 4.80. The van der Waals surface area contributed by atoms with E-state index in [4.69, 9.17) is 10.5 Å². The highest BCUT2D eigenvalue weighted by atomic mass is 32.2. The summed E-state index contributed by atoms with van der Waals surface area (Å²) in [7, 11) is -3.95. The minimum absolute atomic E-state index is 0.0302. The summed E-state index contributed by atoms with van der Waals surface area (Å²) < 4.78 is 34.1. The molecule has 3 rings (SSSR count). The van der Waals surface area contributed by atoms with Gasteiger partial charge >= 0.3 is 0 Å². The predicted octanol–water partition coefficient (Wildman–Crippen LogP) is 2.55. The van der Waals surface area contributed by atoms with Crippen molar-refractivity contribution in [3.05, 3.63) is 59.7 Å². The smallest absolute Gasteiger partial charge is 0.245 e. The summed E-state index contributed by atoms with van der Waals surface area (Å²) in [5, 5.41) is 11.6. The molecule has 1 aliphatic heterocycles. The number of ether oxygens (including phenoxy) is 1. The van der Waals surface area contributed by atoms with Crippen molar-refractivity contribution >= 4 is 10.0 Å². The van der Waals surface area contributed by atoms with Crippen LogP contribution in [0.3, 0.4) is 0 Å². The van der Waals surface area contributed by atoms with Crippen LogP contribution in [0.4, 0.5) is 0 Å². The van der Waals surface area contributed by atoms with Gasteiger partial charge in [-0.25, -0.2) is 8.42 Å². The lowest BCUT2D eigenvalue weighted by Crippen LogP contribution is -2.55. The summed E-state index contributed by atoms with van der Waals surface area (Å²) in [5.74, 6) is 0.753. The molecule has 0 saturated heterocycles. The molecule has 1 unspecified atom stereocenters. The Morgan fingerprint density at radius 1 is 1.21 bits per heavy atom. The highest BCUT2D eigenvalue weighted by Crippen LogP contribution is 2.33. The summed E-state index contributed by atoms with van der Waals surface area (Å²) in [6.07, 6.45) is 0.993. The van der Waals surface area contributed by atoms with Crippen molar-refractivity contribution in [2.75, 3.05) is 19.7 Å². The number of nitrogens with zero attached hydrogens (tertiary/aromatic N) is 1. The monoisotopic (exact) mass is 418 g/mol. The second-order valence-electron chi connectivity index (χ2n) is 7.98. The van der Waals surface area contributed by atoms with Gasteiger partial charge in [-0.2, -0.15) is 4.31 Å². The molecule has 0 amide bonds. The minimum atomic E-state index is -3.95. The van der Waals surface area contributed by atoms with Gasteiger partial charge in [-0.1, -0.05) is 44.2 Å². The fourth-order valence-electron chi connectivity index (χ4n) is 3.73. The van der Waals surface area contributed by atoms with E-state index in [1.165, 1.54) is 4.31 Å². The molecule has 6 nitrogen and oxygen atoms in total. The van der Waals surface area contributed by atoms with E-state index >= 15 is 0 Å². The van der Waals surface area contributed by atoms with Gasteiger partial charge in [0.25, 0.3) is 0 Å². The molecule has 29 heavy (non-hydrogen) atoms. The Hall–Kier alpha value is -1.93. The molecule has 2 aromatic rings. The third-order valence-corrected chi connectivity index (χ3v) is 7.04. The van der Waals surface area contributed by atoms with Gasteiger partial charge in [0.05, 0.1) is 11.5 Å². The zero-order valence-corrected chi connectivity index (χ0v) is 17.9. The molecule has 0 fully saturated rings. The van der Waals surface area contributed by atoms with E-state index in [0.29, 0.717) is 13.0 Å². The van der Waals surface area contributed by atoms with Gasteiger partial charge in [0, 0.05) is 25.8 Å². The maximum Gasteiger partial charge on any atom is 0.245 e. The SMILES string of the molecule is CC(C)CN(C(O)(CCN)Cc1ccccc1)S(=O)(=O)c1ccc2c(c1)CCO2. The van der Waals surface area contributed by atoms with Gasteiger partial charge in [0.2, 0.25) is 10.0 Å². The first-order valence-electron chi connectivity index (χ1n) is 10.0. The van der Waals surface area contributed by atoms with E-state index in [-0.39, 0.29) is 36.7 Å². The minimum Gasteiger partial charge on any atom is -0.493 e. The molecule has 1 atom stereocenters. The number of hydrogen-bond acceptors (Lipinski definition) is 5. The van der Waals surface area contributed by atoms with E-state index in [2.05, 4.69) is 0 Å². The topological polar surface area (TPSA) is 92.9 Å². The van der Waals surface area contributed by atoms with Crippen LogP contribution in [0, 0.1) is 5.92 Å². The molecule has 3 N–H and O–H groups in total. The molecular weight excluding hydrogens is 388 g/mol. The lowest BCUT2D eigenvalue weighted by atomic mass is 9.98. The summed E-state index contributed by atoms with van der Waals surface area (Å²) in [6, 6.07) is 14.3. The molecule has 1 heterocycles. The first-order valence-corrected chi connectivity index (χ1v) is 11.5. The van der Waals surface area contributed by atoms with E-state index in [9.17, 15) is 13.5 Å². The molecule has 7 heteroatoms. The maximum absolute atomic E-state index is 13.7. The van der Waals surface area contributed by atoms with Crippen molar-refractivity contribution in [2.45, 2.75) is 43.7 Å². The van der Waals surface area contributed by atoms with Crippen molar-refractivity contribution in [3.8, 4) is 5.75 Å². The molecule has 0 spiro atoms. The number of benzene rings is 2. The highest BCUT2D eigenvalue weighted by Gasteiger charge is 2.42. The number of rotatable bonds is 9. The van der Waals surface area contributed by atoms with Crippen molar-refractivity contribution in [1.29, 1.82) is 0 Å². The van der Waals surface area contributed by atoms with Gasteiger partial charge in [-0.05, 0) is 41.8 Å². The van der Waals surface area contributed by atoms with Crippen molar-refractivity contribution in [1.82, 2.24) is 4.31 Å². The van der Waals surface area contributed by atoms with Crippen LogP contribution >= 0.6 is 0 Å². The zero-order chi connectivity index (χ0) is 21.1. The van der Waals surface area contributed by atoms with Crippen LogP contribution in [0.25, 0.3) is 0 Å². The Labute approximate surface area is 173 Å². The van der Waals surface area contributed by atoms with Gasteiger partial charge < -0.3 is 15.6 Å². The lowest BCUT2D eigenvalue weighted by Gasteiger charge is -2.40. The normalized spacial score (nSPS) is 15.9. The second kappa shape index (κ2) is 8.83. The number of fused-ring (bicyclic) bond motifs is 1. The van der Waals surface area contributed by atoms with Crippen LogP contribution in [0.5, 0.6) is 5.75 Å². The zero-order valence-electron chi connectivity index (χ0n) is 17.0. The van der Waals surface area contributed by atoms with E-state index in [1.807, 2.05) is 44.2 Å². The van der Waals surface area contributed by atoms with Gasteiger partial charge in [0.1, 0.15) is 11.5 Å². The lowest BCUT2D eigenvalue weighted by molar-refractivity contribution is -0.0691. The van der Waals surface area contributed by atoms with Crippen molar-refractivity contribution in [2.24, 2.45) is 11.7 Å². The molecular formula is C22H30N2O4S. The van der Waals surface area contributed by atoms with Crippen LogP contribution in [0.2, 0.25) is 0 Å². The molecule has 2 aromatic carbocycles. The summed E-state index contributed by atoms with van der Waals surface area (Å²) in [5.41, 5.74) is 5.91. The molecule has 158 valence electrons. The van der Waals surface area contributed by atoms with Crippen LogP contribution in [-0.4, -0.2) is 43.3 Å². The predicted molar refractivity (Wildman–Crippen MR) is 113 cm³/mol. The Morgan fingerprint density at radius 3 is 2.59 bits per heavy atom. The standard InChI is InChI=1S/C22H30N2O4S/c1-17(2)16-24(22(25,11-12-23)15-18-6-4-3-5-7-18)29(26,27)20-8-9-21-19(14-20)10-13-28-21/h3-9,14,17,25H,10-13,15-16,23H2,1-2H3. The summed E-state index contributed by atoms with van der Waals surface area (Å²) in [4.78, 5) is 0.172.